The standard InChI is InChI=1S/C56H110N2O5/c1-8-14-19-29-39-51(37-17-11-4)48-62-55(60)44-33-27-23-21-25-31-41-53(58(54(59)43-35-46-57-7)47-50(13-6)36-16-10-3)42-32-26-22-24-28-34-45-56(61)63-49-52(38-18-12-5)40-30-20-15-9-2/h50-53,57H,8-49H2,1-7H3. The lowest BCUT2D eigenvalue weighted by atomic mass is 9.94. The van der Waals surface area contributed by atoms with E-state index in [4.69, 9.17) is 9.47 Å². The first-order chi connectivity index (χ1) is 30.8. The van der Waals surface area contributed by atoms with Crippen molar-refractivity contribution in [3.05, 3.63) is 0 Å². The number of rotatable bonds is 49. The third-order valence-corrected chi connectivity index (χ3v) is 13.7. The van der Waals surface area contributed by atoms with Crippen molar-refractivity contribution in [1.29, 1.82) is 0 Å². The molecule has 0 aromatic heterocycles. The molecule has 374 valence electrons. The molecule has 3 unspecified atom stereocenters. The zero-order chi connectivity index (χ0) is 46.4. The van der Waals surface area contributed by atoms with Crippen LogP contribution in [-0.2, 0) is 23.9 Å². The number of nitrogens with one attached hydrogen (secondary N) is 1. The Morgan fingerprint density at radius 1 is 0.413 bits per heavy atom. The smallest absolute Gasteiger partial charge is 0.305 e. The Morgan fingerprint density at radius 2 is 0.778 bits per heavy atom. The van der Waals surface area contributed by atoms with Gasteiger partial charge in [0, 0.05) is 31.8 Å². The summed E-state index contributed by atoms with van der Waals surface area (Å²) in [6, 6.07) is 0.313. The number of hydrogen-bond donors (Lipinski definition) is 1. The third-order valence-electron chi connectivity index (χ3n) is 13.7. The van der Waals surface area contributed by atoms with Crippen LogP contribution in [0.15, 0.2) is 0 Å². The van der Waals surface area contributed by atoms with Gasteiger partial charge in [-0.2, -0.15) is 0 Å². The molecule has 0 aromatic rings. The van der Waals surface area contributed by atoms with Crippen LogP contribution >= 0.6 is 0 Å². The van der Waals surface area contributed by atoms with Crippen LogP contribution in [0.5, 0.6) is 0 Å². The van der Waals surface area contributed by atoms with Crippen molar-refractivity contribution in [2.75, 3.05) is 33.4 Å². The highest BCUT2D eigenvalue weighted by atomic mass is 16.5. The zero-order valence-corrected chi connectivity index (χ0v) is 43.5. The molecule has 0 aliphatic rings. The van der Waals surface area contributed by atoms with E-state index in [-0.39, 0.29) is 11.9 Å². The van der Waals surface area contributed by atoms with Gasteiger partial charge in [-0.3, -0.25) is 14.4 Å². The summed E-state index contributed by atoms with van der Waals surface area (Å²) in [5.74, 6) is 1.95. The molecule has 0 saturated carbocycles. The maximum atomic E-state index is 13.9. The molecule has 0 radical (unpaired) electrons. The summed E-state index contributed by atoms with van der Waals surface area (Å²) in [7, 11) is 1.97. The lowest BCUT2D eigenvalue weighted by Crippen LogP contribution is -2.43. The number of amides is 1. The minimum Gasteiger partial charge on any atom is -0.465 e. The van der Waals surface area contributed by atoms with Crippen LogP contribution in [0.2, 0.25) is 0 Å². The highest BCUT2D eigenvalue weighted by Gasteiger charge is 2.25. The van der Waals surface area contributed by atoms with Gasteiger partial charge in [0.1, 0.15) is 0 Å². The van der Waals surface area contributed by atoms with Crippen LogP contribution < -0.4 is 5.32 Å². The molecule has 0 saturated heterocycles. The van der Waals surface area contributed by atoms with Crippen LogP contribution in [0.1, 0.15) is 286 Å². The Kier molecular flexibility index (Phi) is 45.7. The van der Waals surface area contributed by atoms with Crippen molar-refractivity contribution in [1.82, 2.24) is 10.2 Å². The summed E-state index contributed by atoms with van der Waals surface area (Å²) in [6.45, 7) is 16.6. The van der Waals surface area contributed by atoms with E-state index in [2.05, 4.69) is 51.8 Å². The first kappa shape index (κ1) is 61.4. The van der Waals surface area contributed by atoms with Gasteiger partial charge in [-0.05, 0) is 95.6 Å². The summed E-state index contributed by atoms with van der Waals surface area (Å²) in [5, 5.41) is 3.24. The van der Waals surface area contributed by atoms with E-state index < -0.39 is 0 Å². The number of carbonyl (C=O) groups excluding carboxylic acids is 3. The fourth-order valence-electron chi connectivity index (χ4n) is 9.27. The first-order valence-electron chi connectivity index (χ1n) is 28.0. The molecule has 0 rings (SSSR count). The molecule has 63 heavy (non-hydrogen) atoms. The largest absolute Gasteiger partial charge is 0.465 e. The van der Waals surface area contributed by atoms with Crippen molar-refractivity contribution < 1.29 is 23.9 Å². The molecule has 0 aliphatic carbocycles. The Bertz CT molecular complexity index is 950. The number of carbonyl (C=O) groups is 3. The topological polar surface area (TPSA) is 84.9 Å². The van der Waals surface area contributed by atoms with Gasteiger partial charge in [0.15, 0.2) is 0 Å². The van der Waals surface area contributed by atoms with Gasteiger partial charge < -0.3 is 19.7 Å². The molecule has 0 aliphatic heterocycles. The van der Waals surface area contributed by atoms with Gasteiger partial charge in [0.25, 0.3) is 0 Å². The van der Waals surface area contributed by atoms with Gasteiger partial charge in [0.05, 0.1) is 13.2 Å². The summed E-state index contributed by atoms with van der Waals surface area (Å²) in [4.78, 5) is 41.5. The lowest BCUT2D eigenvalue weighted by Gasteiger charge is -2.35. The Balaban J connectivity index is 4.99. The van der Waals surface area contributed by atoms with E-state index in [0.29, 0.717) is 62.2 Å². The molecule has 1 N–H and O–H groups in total. The maximum Gasteiger partial charge on any atom is 0.305 e. The van der Waals surface area contributed by atoms with Crippen LogP contribution in [0, 0.1) is 17.8 Å². The predicted octanol–water partition coefficient (Wildman–Crippen LogP) is 16.3. The second-order valence-electron chi connectivity index (χ2n) is 19.7. The molecule has 0 spiro atoms. The summed E-state index contributed by atoms with van der Waals surface area (Å²) >= 11 is 0. The average molecular weight is 892 g/mol. The summed E-state index contributed by atoms with van der Waals surface area (Å²) in [5.41, 5.74) is 0. The van der Waals surface area contributed by atoms with E-state index in [0.717, 1.165) is 90.1 Å². The molecule has 0 bridgehead atoms. The zero-order valence-electron chi connectivity index (χ0n) is 43.5. The second kappa shape index (κ2) is 46.9. The van der Waals surface area contributed by atoms with Crippen LogP contribution in [0.3, 0.4) is 0 Å². The molecule has 0 heterocycles. The van der Waals surface area contributed by atoms with E-state index in [1.807, 2.05) is 7.05 Å². The first-order valence-corrected chi connectivity index (χ1v) is 28.0. The highest BCUT2D eigenvalue weighted by molar-refractivity contribution is 5.76. The third kappa shape index (κ3) is 38.2. The van der Waals surface area contributed by atoms with Crippen molar-refractivity contribution in [2.45, 2.75) is 292 Å². The Hall–Kier alpha value is -1.63. The van der Waals surface area contributed by atoms with Gasteiger partial charge in [-0.15, -0.1) is 0 Å². The van der Waals surface area contributed by atoms with Crippen molar-refractivity contribution in [3.63, 3.8) is 0 Å². The van der Waals surface area contributed by atoms with E-state index in [9.17, 15) is 14.4 Å². The molecule has 3 atom stereocenters. The number of hydrogen-bond acceptors (Lipinski definition) is 6. The number of nitrogens with zero attached hydrogens (tertiary/aromatic N) is 1. The van der Waals surface area contributed by atoms with Gasteiger partial charge in [-0.25, -0.2) is 0 Å². The van der Waals surface area contributed by atoms with Crippen LogP contribution in [0.4, 0.5) is 0 Å². The normalized spacial score (nSPS) is 13.4. The van der Waals surface area contributed by atoms with Crippen molar-refractivity contribution in [2.24, 2.45) is 17.8 Å². The van der Waals surface area contributed by atoms with E-state index >= 15 is 0 Å². The number of ether oxygens (including phenoxy) is 2. The molecular formula is C56H110N2O5. The number of unbranched alkanes of at least 4 members (excludes halogenated alkanes) is 19. The fourth-order valence-corrected chi connectivity index (χ4v) is 9.27. The van der Waals surface area contributed by atoms with Gasteiger partial charge in [0.2, 0.25) is 5.91 Å². The monoisotopic (exact) mass is 891 g/mol. The molecule has 1 amide bonds. The van der Waals surface area contributed by atoms with Crippen molar-refractivity contribution >= 4 is 17.8 Å². The Labute approximate surface area is 393 Å². The van der Waals surface area contributed by atoms with Gasteiger partial charge >= 0.3 is 11.9 Å². The summed E-state index contributed by atoms with van der Waals surface area (Å²) in [6.07, 6.45) is 42.8. The number of esters is 2. The molecular weight excluding hydrogens is 781 g/mol. The molecule has 7 nitrogen and oxygen atoms in total. The molecule has 7 heteroatoms. The average Bonchev–Trinajstić information content (AvgIpc) is 3.29. The highest BCUT2D eigenvalue weighted by Crippen LogP contribution is 2.25. The van der Waals surface area contributed by atoms with E-state index in [1.165, 1.54) is 148 Å². The van der Waals surface area contributed by atoms with Crippen LogP contribution in [-0.4, -0.2) is 62.1 Å². The predicted molar refractivity (Wildman–Crippen MR) is 271 cm³/mol. The SMILES string of the molecule is CCCCCCC(CCCC)COC(=O)CCCCCCCCC(CCCCCCCCC(=O)OCC(CCCC)CCCCCC)N(CC(CC)CCCC)C(=O)CCCNC. The minimum absolute atomic E-state index is 0.00809. The minimum atomic E-state index is -0.00809. The van der Waals surface area contributed by atoms with Crippen molar-refractivity contribution in [3.8, 4) is 0 Å². The maximum absolute atomic E-state index is 13.9. The molecule has 0 fully saturated rings. The van der Waals surface area contributed by atoms with Gasteiger partial charge in [-0.1, -0.05) is 202 Å². The molecule has 0 aromatic carbocycles. The fraction of sp³-hybridized carbons (Fsp3) is 0.946. The lowest BCUT2D eigenvalue weighted by molar-refractivity contribution is -0.146. The summed E-state index contributed by atoms with van der Waals surface area (Å²) < 4.78 is 11.6. The van der Waals surface area contributed by atoms with Crippen LogP contribution in [0.25, 0.3) is 0 Å². The quantitative estimate of drug-likeness (QED) is 0.0484. The Morgan fingerprint density at radius 3 is 1.19 bits per heavy atom. The van der Waals surface area contributed by atoms with E-state index in [1.54, 1.807) is 0 Å². The second-order valence-corrected chi connectivity index (χ2v) is 19.7.